The van der Waals surface area contributed by atoms with Gasteiger partial charge in [0.25, 0.3) is 0 Å². The van der Waals surface area contributed by atoms with Gasteiger partial charge in [-0.05, 0) is 42.7 Å². The van der Waals surface area contributed by atoms with Crippen LogP contribution in [0.25, 0.3) is 5.69 Å². The van der Waals surface area contributed by atoms with Crippen molar-refractivity contribution >= 4 is 5.69 Å². The zero-order chi connectivity index (χ0) is 13.0. The summed E-state index contributed by atoms with van der Waals surface area (Å²) in [5.74, 6) is 0.644. The van der Waals surface area contributed by atoms with Crippen molar-refractivity contribution in [2.75, 3.05) is 5.32 Å². The number of aromatic nitrogens is 1. The Hall–Kier alpha value is -1.70. The molecule has 0 aliphatic rings. The van der Waals surface area contributed by atoms with E-state index < -0.39 is 0 Å². The zero-order valence-corrected chi connectivity index (χ0v) is 11.4. The lowest BCUT2D eigenvalue weighted by Gasteiger charge is -2.22. The van der Waals surface area contributed by atoms with Crippen LogP contribution in [0.3, 0.4) is 0 Å². The molecule has 0 saturated heterocycles. The molecule has 0 saturated carbocycles. The largest absolute Gasteiger partial charge is 0.382 e. The van der Waals surface area contributed by atoms with Crippen LogP contribution >= 0.6 is 0 Å². The number of benzene rings is 1. The van der Waals surface area contributed by atoms with E-state index in [1.54, 1.807) is 0 Å². The lowest BCUT2D eigenvalue weighted by molar-refractivity contribution is 0.511. The summed E-state index contributed by atoms with van der Waals surface area (Å²) in [6.07, 6.45) is 5.28. The van der Waals surface area contributed by atoms with Crippen molar-refractivity contribution in [2.24, 2.45) is 5.92 Å². The number of nitrogens with one attached hydrogen (secondary N) is 1. The van der Waals surface area contributed by atoms with Gasteiger partial charge in [-0.2, -0.15) is 0 Å². The fraction of sp³-hybridized carbons (Fsp3) is 0.375. The molecule has 2 heteroatoms. The standard InChI is InChI=1S/C16H22N2/c1-4-16(13(2)3)17-14-8-7-9-15(12-14)18-10-5-6-11-18/h5-13,16-17H,4H2,1-3H3. The third-order valence-electron chi connectivity index (χ3n) is 3.35. The first-order valence-electron chi connectivity index (χ1n) is 6.70. The first kappa shape index (κ1) is 12.7. The number of rotatable bonds is 5. The van der Waals surface area contributed by atoms with Crippen LogP contribution in [-0.2, 0) is 0 Å². The molecule has 0 amide bonds. The van der Waals surface area contributed by atoms with Gasteiger partial charge in [0.15, 0.2) is 0 Å². The molecule has 18 heavy (non-hydrogen) atoms. The van der Waals surface area contributed by atoms with Crippen LogP contribution < -0.4 is 5.32 Å². The van der Waals surface area contributed by atoms with Gasteiger partial charge in [-0.25, -0.2) is 0 Å². The molecule has 1 unspecified atom stereocenters. The predicted octanol–water partition coefficient (Wildman–Crippen LogP) is 4.32. The van der Waals surface area contributed by atoms with Gasteiger partial charge in [0.05, 0.1) is 0 Å². The molecule has 0 aliphatic heterocycles. The van der Waals surface area contributed by atoms with Crippen LogP contribution in [0.15, 0.2) is 48.8 Å². The normalized spacial score (nSPS) is 12.7. The van der Waals surface area contributed by atoms with Crippen LogP contribution in [0.1, 0.15) is 27.2 Å². The van der Waals surface area contributed by atoms with E-state index in [-0.39, 0.29) is 0 Å². The Morgan fingerprint density at radius 3 is 2.44 bits per heavy atom. The van der Waals surface area contributed by atoms with Gasteiger partial charge in [-0.1, -0.05) is 26.8 Å². The number of nitrogens with zero attached hydrogens (tertiary/aromatic N) is 1. The molecule has 2 nitrogen and oxygen atoms in total. The highest BCUT2D eigenvalue weighted by atomic mass is 15.0. The quantitative estimate of drug-likeness (QED) is 0.826. The summed E-state index contributed by atoms with van der Waals surface area (Å²) in [4.78, 5) is 0. The van der Waals surface area contributed by atoms with Gasteiger partial charge < -0.3 is 9.88 Å². The van der Waals surface area contributed by atoms with Crippen LogP contribution in [0.2, 0.25) is 0 Å². The Morgan fingerprint density at radius 2 is 1.83 bits per heavy atom. The van der Waals surface area contributed by atoms with Crippen molar-refractivity contribution in [3.05, 3.63) is 48.8 Å². The fourth-order valence-electron chi connectivity index (χ4n) is 2.22. The molecule has 0 radical (unpaired) electrons. The van der Waals surface area contributed by atoms with Crippen molar-refractivity contribution in [1.82, 2.24) is 4.57 Å². The smallest absolute Gasteiger partial charge is 0.0469 e. The van der Waals surface area contributed by atoms with Crippen molar-refractivity contribution in [2.45, 2.75) is 33.2 Å². The predicted molar refractivity (Wildman–Crippen MR) is 78.3 cm³/mol. The average Bonchev–Trinajstić information content (AvgIpc) is 2.90. The maximum Gasteiger partial charge on any atom is 0.0469 e. The molecule has 0 fully saturated rings. The van der Waals surface area contributed by atoms with E-state index in [4.69, 9.17) is 0 Å². The molecule has 1 heterocycles. The molecule has 0 aliphatic carbocycles. The molecule has 1 atom stereocenters. The van der Waals surface area contributed by atoms with E-state index in [0.717, 1.165) is 6.42 Å². The minimum atomic E-state index is 0.532. The lowest BCUT2D eigenvalue weighted by atomic mass is 10.0. The van der Waals surface area contributed by atoms with E-state index in [1.165, 1.54) is 11.4 Å². The van der Waals surface area contributed by atoms with Crippen LogP contribution in [0, 0.1) is 5.92 Å². The molecule has 2 aromatic rings. The number of hydrogen-bond donors (Lipinski definition) is 1. The van der Waals surface area contributed by atoms with Crippen molar-refractivity contribution in [3.8, 4) is 5.69 Å². The minimum absolute atomic E-state index is 0.532. The highest BCUT2D eigenvalue weighted by molar-refractivity contribution is 5.51. The highest BCUT2D eigenvalue weighted by Gasteiger charge is 2.10. The minimum Gasteiger partial charge on any atom is -0.382 e. The maximum atomic E-state index is 3.62. The Bertz CT molecular complexity index is 472. The lowest BCUT2D eigenvalue weighted by Crippen LogP contribution is -2.24. The van der Waals surface area contributed by atoms with E-state index in [9.17, 15) is 0 Å². The van der Waals surface area contributed by atoms with Gasteiger partial charge in [-0.15, -0.1) is 0 Å². The number of anilines is 1. The van der Waals surface area contributed by atoms with Gasteiger partial charge in [0.2, 0.25) is 0 Å². The first-order valence-corrected chi connectivity index (χ1v) is 6.70. The van der Waals surface area contributed by atoms with E-state index >= 15 is 0 Å². The summed E-state index contributed by atoms with van der Waals surface area (Å²) in [5, 5.41) is 3.62. The third kappa shape index (κ3) is 2.95. The second-order valence-corrected chi connectivity index (χ2v) is 5.04. The van der Waals surface area contributed by atoms with Gasteiger partial charge in [0.1, 0.15) is 0 Å². The van der Waals surface area contributed by atoms with Gasteiger partial charge in [0, 0.05) is 29.8 Å². The molecule has 0 spiro atoms. The molecule has 0 bridgehead atoms. The summed E-state index contributed by atoms with van der Waals surface area (Å²) in [6, 6.07) is 13.2. The molecular weight excluding hydrogens is 220 g/mol. The average molecular weight is 242 g/mol. The van der Waals surface area contributed by atoms with Crippen molar-refractivity contribution < 1.29 is 0 Å². The molecular formula is C16H22N2. The Labute approximate surface area is 110 Å². The number of hydrogen-bond acceptors (Lipinski definition) is 1. The van der Waals surface area contributed by atoms with E-state index in [2.05, 4.69) is 67.3 Å². The summed E-state index contributed by atoms with van der Waals surface area (Å²) < 4.78 is 2.13. The van der Waals surface area contributed by atoms with Crippen molar-refractivity contribution in [3.63, 3.8) is 0 Å². The summed E-state index contributed by atoms with van der Waals surface area (Å²) in [6.45, 7) is 6.75. The van der Waals surface area contributed by atoms with Crippen LogP contribution in [-0.4, -0.2) is 10.6 Å². The molecule has 1 aromatic carbocycles. The topological polar surface area (TPSA) is 17.0 Å². The third-order valence-corrected chi connectivity index (χ3v) is 3.35. The van der Waals surface area contributed by atoms with Gasteiger partial charge in [-0.3, -0.25) is 0 Å². The van der Waals surface area contributed by atoms with Crippen LogP contribution in [0.4, 0.5) is 5.69 Å². The Morgan fingerprint density at radius 1 is 1.11 bits per heavy atom. The first-order chi connectivity index (χ1) is 8.70. The van der Waals surface area contributed by atoms with E-state index in [1.807, 2.05) is 12.1 Å². The molecule has 96 valence electrons. The zero-order valence-electron chi connectivity index (χ0n) is 11.4. The Kier molecular flexibility index (Phi) is 4.08. The summed E-state index contributed by atoms with van der Waals surface area (Å²) in [7, 11) is 0. The van der Waals surface area contributed by atoms with Crippen LogP contribution in [0.5, 0.6) is 0 Å². The van der Waals surface area contributed by atoms with E-state index in [0.29, 0.717) is 12.0 Å². The van der Waals surface area contributed by atoms with Crippen molar-refractivity contribution in [1.29, 1.82) is 0 Å². The summed E-state index contributed by atoms with van der Waals surface area (Å²) >= 11 is 0. The second-order valence-electron chi connectivity index (χ2n) is 5.04. The molecule has 2 rings (SSSR count). The fourth-order valence-corrected chi connectivity index (χ4v) is 2.22. The second kappa shape index (κ2) is 5.76. The SMILES string of the molecule is CCC(Nc1cccc(-n2cccc2)c1)C(C)C. The summed E-state index contributed by atoms with van der Waals surface area (Å²) in [5.41, 5.74) is 2.39. The maximum absolute atomic E-state index is 3.62. The molecule has 1 aromatic heterocycles. The van der Waals surface area contributed by atoms with Gasteiger partial charge >= 0.3 is 0 Å². The monoisotopic (exact) mass is 242 g/mol. The highest BCUT2D eigenvalue weighted by Crippen LogP contribution is 2.18. The molecule has 1 N–H and O–H groups in total. The Balaban J connectivity index is 2.17.